The van der Waals surface area contributed by atoms with Crippen LogP contribution in [0.2, 0.25) is 0 Å². The molecular weight excluding hydrogens is 302 g/mol. The van der Waals surface area contributed by atoms with E-state index in [1.54, 1.807) is 0 Å². The second-order valence-corrected chi connectivity index (χ2v) is 6.07. The Hall–Kier alpha value is -3.19. The highest BCUT2D eigenvalue weighted by atomic mass is 14.7. The van der Waals surface area contributed by atoms with Crippen LogP contribution in [0.25, 0.3) is 22.3 Å². The van der Waals surface area contributed by atoms with Crippen molar-refractivity contribution in [3.05, 3.63) is 115 Å². The molecule has 0 unspecified atom stereocenters. The molecule has 0 aliphatic rings. The Morgan fingerprint density at radius 1 is 0.560 bits per heavy atom. The normalized spacial score (nSPS) is 10.6. The summed E-state index contributed by atoms with van der Waals surface area (Å²) in [6.07, 6.45) is 2.75. The molecule has 1 aromatic heterocycles. The molecular formula is C24H19N. The molecule has 3 aromatic carbocycles. The van der Waals surface area contributed by atoms with E-state index >= 15 is 0 Å². The highest BCUT2D eigenvalue weighted by Crippen LogP contribution is 2.34. The van der Waals surface area contributed by atoms with E-state index in [1.165, 1.54) is 27.8 Å². The monoisotopic (exact) mass is 321 g/mol. The van der Waals surface area contributed by atoms with Crippen LogP contribution in [-0.2, 0) is 6.42 Å². The van der Waals surface area contributed by atoms with Gasteiger partial charge in [-0.05, 0) is 28.3 Å². The van der Waals surface area contributed by atoms with Gasteiger partial charge in [-0.1, -0.05) is 91.0 Å². The molecule has 0 amide bonds. The van der Waals surface area contributed by atoms with E-state index in [2.05, 4.69) is 97.1 Å². The predicted octanol–water partition coefficient (Wildman–Crippen LogP) is 6.01. The van der Waals surface area contributed by atoms with Crippen molar-refractivity contribution in [3.63, 3.8) is 0 Å². The number of aromatic nitrogens is 1. The molecule has 0 aliphatic carbocycles. The lowest BCUT2D eigenvalue weighted by Gasteiger charge is -2.15. The van der Waals surface area contributed by atoms with E-state index in [1.807, 2.05) is 6.20 Å². The van der Waals surface area contributed by atoms with E-state index in [4.69, 9.17) is 4.98 Å². The van der Waals surface area contributed by atoms with Crippen LogP contribution >= 0.6 is 0 Å². The van der Waals surface area contributed by atoms with Gasteiger partial charge in [-0.3, -0.25) is 4.98 Å². The lowest BCUT2D eigenvalue weighted by atomic mass is 9.91. The molecule has 25 heavy (non-hydrogen) atoms. The number of nitrogens with zero attached hydrogens (tertiary/aromatic N) is 1. The van der Waals surface area contributed by atoms with Crippen LogP contribution in [0.4, 0.5) is 0 Å². The molecule has 0 N–H and O–H groups in total. The van der Waals surface area contributed by atoms with Gasteiger partial charge >= 0.3 is 0 Å². The Labute approximate surface area is 148 Å². The fourth-order valence-electron chi connectivity index (χ4n) is 3.21. The van der Waals surface area contributed by atoms with Crippen LogP contribution in [0.1, 0.15) is 11.3 Å². The summed E-state index contributed by atoms with van der Waals surface area (Å²) in [5.41, 5.74) is 7.26. The molecule has 1 heteroatoms. The molecule has 0 radical (unpaired) electrons. The van der Waals surface area contributed by atoms with E-state index in [9.17, 15) is 0 Å². The maximum absolute atomic E-state index is 4.74. The van der Waals surface area contributed by atoms with Crippen LogP contribution in [0.15, 0.2) is 103 Å². The van der Waals surface area contributed by atoms with Gasteiger partial charge in [-0.2, -0.15) is 0 Å². The summed E-state index contributed by atoms with van der Waals surface area (Å²) in [5, 5.41) is 0. The minimum absolute atomic E-state index is 0.825. The van der Waals surface area contributed by atoms with Crippen LogP contribution in [0.5, 0.6) is 0 Å². The number of hydrogen-bond acceptors (Lipinski definition) is 1. The van der Waals surface area contributed by atoms with Crippen molar-refractivity contribution in [2.45, 2.75) is 6.42 Å². The molecule has 0 saturated carbocycles. The summed E-state index contributed by atoms with van der Waals surface area (Å²) in [6.45, 7) is 0. The van der Waals surface area contributed by atoms with E-state index in [-0.39, 0.29) is 0 Å². The van der Waals surface area contributed by atoms with Crippen LogP contribution < -0.4 is 0 Å². The third kappa shape index (κ3) is 3.36. The minimum atomic E-state index is 0.825. The van der Waals surface area contributed by atoms with Crippen LogP contribution in [-0.4, -0.2) is 4.98 Å². The zero-order chi connectivity index (χ0) is 16.9. The Morgan fingerprint density at radius 3 is 1.76 bits per heavy atom. The average Bonchev–Trinajstić information content (AvgIpc) is 2.70. The Morgan fingerprint density at radius 2 is 1.12 bits per heavy atom. The molecule has 0 saturated heterocycles. The SMILES string of the molecule is c1ccc(Cc2nccc(-c3ccccc3)c2-c2ccccc2)cc1. The van der Waals surface area contributed by atoms with Gasteiger partial charge in [0.05, 0.1) is 5.69 Å². The molecule has 0 atom stereocenters. The van der Waals surface area contributed by atoms with E-state index in [0.29, 0.717) is 0 Å². The summed E-state index contributed by atoms with van der Waals surface area (Å²) in [5.74, 6) is 0. The highest BCUT2D eigenvalue weighted by molar-refractivity contribution is 5.84. The molecule has 120 valence electrons. The van der Waals surface area contributed by atoms with Crippen molar-refractivity contribution < 1.29 is 0 Å². The zero-order valence-electron chi connectivity index (χ0n) is 14.0. The number of hydrogen-bond donors (Lipinski definition) is 0. The fraction of sp³-hybridized carbons (Fsp3) is 0.0417. The maximum Gasteiger partial charge on any atom is 0.0531 e. The van der Waals surface area contributed by atoms with Gasteiger partial charge in [-0.15, -0.1) is 0 Å². The molecule has 4 rings (SSSR count). The van der Waals surface area contributed by atoms with Gasteiger partial charge in [0, 0.05) is 18.2 Å². The van der Waals surface area contributed by atoms with Crippen LogP contribution in [0, 0.1) is 0 Å². The summed E-state index contributed by atoms with van der Waals surface area (Å²) >= 11 is 0. The molecule has 0 bridgehead atoms. The van der Waals surface area contributed by atoms with Crippen molar-refractivity contribution in [3.8, 4) is 22.3 Å². The molecule has 0 aliphatic heterocycles. The third-order valence-electron chi connectivity index (χ3n) is 4.39. The number of benzene rings is 3. The molecule has 4 aromatic rings. The van der Waals surface area contributed by atoms with Crippen molar-refractivity contribution in [1.29, 1.82) is 0 Å². The second kappa shape index (κ2) is 7.14. The summed E-state index contributed by atoms with van der Waals surface area (Å²) in [6, 6.07) is 33.8. The van der Waals surface area contributed by atoms with Gasteiger partial charge in [0.25, 0.3) is 0 Å². The predicted molar refractivity (Wildman–Crippen MR) is 104 cm³/mol. The Bertz CT molecular complexity index is 945. The minimum Gasteiger partial charge on any atom is -0.260 e. The zero-order valence-corrected chi connectivity index (χ0v) is 14.0. The van der Waals surface area contributed by atoms with Crippen molar-refractivity contribution in [2.24, 2.45) is 0 Å². The van der Waals surface area contributed by atoms with Gasteiger partial charge in [0.15, 0.2) is 0 Å². The number of rotatable bonds is 4. The fourth-order valence-corrected chi connectivity index (χ4v) is 3.21. The van der Waals surface area contributed by atoms with E-state index in [0.717, 1.165) is 12.1 Å². The molecule has 1 heterocycles. The second-order valence-electron chi connectivity index (χ2n) is 6.07. The van der Waals surface area contributed by atoms with E-state index < -0.39 is 0 Å². The molecule has 0 spiro atoms. The van der Waals surface area contributed by atoms with Crippen molar-refractivity contribution >= 4 is 0 Å². The quantitative estimate of drug-likeness (QED) is 0.449. The lowest BCUT2D eigenvalue weighted by molar-refractivity contribution is 1.08. The molecule has 1 nitrogen and oxygen atoms in total. The first kappa shape index (κ1) is 15.3. The summed E-state index contributed by atoms with van der Waals surface area (Å²) < 4.78 is 0. The topological polar surface area (TPSA) is 12.9 Å². The van der Waals surface area contributed by atoms with Gasteiger partial charge in [-0.25, -0.2) is 0 Å². The first-order chi connectivity index (χ1) is 12.4. The Kier molecular flexibility index (Phi) is 4.38. The highest BCUT2D eigenvalue weighted by Gasteiger charge is 2.13. The van der Waals surface area contributed by atoms with Gasteiger partial charge < -0.3 is 0 Å². The van der Waals surface area contributed by atoms with Crippen LogP contribution in [0.3, 0.4) is 0 Å². The summed E-state index contributed by atoms with van der Waals surface area (Å²) in [7, 11) is 0. The molecule has 0 fully saturated rings. The first-order valence-electron chi connectivity index (χ1n) is 8.54. The lowest BCUT2D eigenvalue weighted by Crippen LogP contribution is -1.98. The average molecular weight is 321 g/mol. The van der Waals surface area contributed by atoms with Crippen molar-refractivity contribution in [1.82, 2.24) is 4.98 Å². The standard InChI is InChI=1S/C24H19N/c1-4-10-19(11-5-1)18-23-24(21-14-8-3-9-15-21)22(16-17-25-23)20-12-6-2-7-13-20/h1-17H,18H2. The third-order valence-corrected chi connectivity index (χ3v) is 4.39. The maximum atomic E-state index is 4.74. The smallest absolute Gasteiger partial charge is 0.0531 e. The largest absolute Gasteiger partial charge is 0.260 e. The first-order valence-corrected chi connectivity index (χ1v) is 8.54. The number of pyridine rings is 1. The summed E-state index contributed by atoms with van der Waals surface area (Å²) in [4.78, 5) is 4.74. The van der Waals surface area contributed by atoms with Gasteiger partial charge in [0.1, 0.15) is 0 Å². The van der Waals surface area contributed by atoms with Crippen molar-refractivity contribution in [2.75, 3.05) is 0 Å². The van der Waals surface area contributed by atoms with Gasteiger partial charge in [0.2, 0.25) is 0 Å². The Balaban J connectivity index is 1.89.